The minimum absolute atomic E-state index is 0.147. The Bertz CT molecular complexity index is 790. The molecule has 2 fully saturated rings. The molecular formula is C19H21FN2. The Morgan fingerprint density at radius 3 is 3.09 bits per heavy atom. The number of hydrogen-bond donors (Lipinski definition) is 1. The molecule has 1 saturated heterocycles. The van der Waals surface area contributed by atoms with Gasteiger partial charge >= 0.3 is 0 Å². The summed E-state index contributed by atoms with van der Waals surface area (Å²) >= 11 is 0. The van der Waals surface area contributed by atoms with Crippen molar-refractivity contribution < 1.29 is 4.39 Å². The van der Waals surface area contributed by atoms with Gasteiger partial charge in [0.25, 0.3) is 0 Å². The fraction of sp³-hybridized carbons (Fsp3) is 0.474. The Hall–Kier alpha value is -1.61. The molecule has 4 unspecified atom stereocenters. The molecule has 2 aromatic rings. The third kappa shape index (κ3) is 1.48. The average Bonchev–Trinajstić information content (AvgIpc) is 2.94. The lowest BCUT2D eigenvalue weighted by Gasteiger charge is -2.34. The van der Waals surface area contributed by atoms with Crippen LogP contribution in [-0.2, 0) is 6.42 Å². The van der Waals surface area contributed by atoms with E-state index in [4.69, 9.17) is 0 Å². The predicted octanol–water partition coefficient (Wildman–Crippen LogP) is 4.03. The Morgan fingerprint density at radius 2 is 2.32 bits per heavy atom. The molecule has 1 spiro atoms. The molecule has 4 atom stereocenters. The van der Waals surface area contributed by atoms with Gasteiger partial charge in [-0.05, 0) is 55.4 Å². The van der Waals surface area contributed by atoms with Crippen LogP contribution < -0.4 is 0 Å². The number of aromatic amines is 1. The molecule has 1 aromatic heterocycles. The van der Waals surface area contributed by atoms with Crippen molar-refractivity contribution >= 4 is 10.9 Å². The maximum Gasteiger partial charge on any atom is 0.123 e. The van der Waals surface area contributed by atoms with Gasteiger partial charge in [-0.2, -0.15) is 0 Å². The number of aromatic nitrogens is 1. The van der Waals surface area contributed by atoms with Gasteiger partial charge in [-0.25, -0.2) is 4.39 Å². The number of hydrogen-bond acceptors (Lipinski definition) is 1. The minimum Gasteiger partial charge on any atom is -0.361 e. The molecule has 22 heavy (non-hydrogen) atoms. The van der Waals surface area contributed by atoms with Gasteiger partial charge in [0.2, 0.25) is 0 Å². The monoisotopic (exact) mass is 296 g/mol. The number of H-pyrrole nitrogens is 1. The van der Waals surface area contributed by atoms with Crippen molar-refractivity contribution in [2.24, 2.45) is 5.92 Å². The Labute approximate surface area is 130 Å². The van der Waals surface area contributed by atoms with Gasteiger partial charge in [-0.1, -0.05) is 18.6 Å². The number of rotatable bonds is 4. The second kappa shape index (κ2) is 4.23. The Balaban J connectivity index is 1.36. The molecule has 3 aliphatic rings. The summed E-state index contributed by atoms with van der Waals surface area (Å²) in [5.74, 6) is 0.665. The highest BCUT2D eigenvalue weighted by Gasteiger charge is 2.73. The molecule has 1 aromatic carbocycles. The fourth-order valence-corrected chi connectivity index (χ4v) is 5.05. The number of fused-ring (bicyclic) bond motifs is 1. The van der Waals surface area contributed by atoms with E-state index >= 15 is 0 Å². The molecule has 3 heteroatoms. The van der Waals surface area contributed by atoms with E-state index < -0.39 is 0 Å². The molecule has 0 radical (unpaired) electrons. The summed E-state index contributed by atoms with van der Waals surface area (Å²) in [6.45, 7) is 3.38. The van der Waals surface area contributed by atoms with Crippen LogP contribution in [0.15, 0.2) is 36.0 Å². The van der Waals surface area contributed by atoms with Crippen molar-refractivity contribution in [3.8, 4) is 0 Å². The second-order valence-corrected chi connectivity index (χ2v) is 7.08. The van der Waals surface area contributed by atoms with Gasteiger partial charge in [0.15, 0.2) is 0 Å². The zero-order valence-electron chi connectivity index (χ0n) is 12.9. The van der Waals surface area contributed by atoms with Crippen molar-refractivity contribution in [3.63, 3.8) is 0 Å². The molecule has 5 rings (SSSR count). The quantitative estimate of drug-likeness (QED) is 0.666. The zero-order valence-corrected chi connectivity index (χ0v) is 12.9. The maximum absolute atomic E-state index is 13.5. The summed E-state index contributed by atoms with van der Waals surface area (Å²) in [6.07, 6.45) is 9.53. The van der Waals surface area contributed by atoms with E-state index in [1.54, 1.807) is 11.6 Å². The normalized spacial score (nSPS) is 35.0. The van der Waals surface area contributed by atoms with Crippen molar-refractivity contribution in [3.05, 3.63) is 47.4 Å². The van der Waals surface area contributed by atoms with E-state index in [1.165, 1.54) is 30.9 Å². The van der Waals surface area contributed by atoms with E-state index in [1.807, 2.05) is 6.07 Å². The summed E-state index contributed by atoms with van der Waals surface area (Å²) in [5, 5.41) is 1.04. The molecular weight excluding hydrogens is 275 g/mol. The summed E-state index contributed by atoms with van der Waals surface area (Å²) < 4.78 is 13.5. The van der Waals surface area contributed by atoms with Crippen LogP contribution >= 0.6 is 0 Å². The molecule has 2 nitrogen and oxygen atoms in total. The molecule has 2 aliphatic carbocycles. The van der Waals surface area contributed by atoms with Crippen molar-refractivity contribution in [2.75, 3.05) is 6.54 Å². The first-order chi connectivity index (χ1) is 10.7. The largest absolute Gasteiger partial charge is 0.361 e. The first kappa shape index (κ1) is 12.9. The van der Waals surface area contributed by atoms with Crippen LogP contribution in [0.1, 0.15) is 31.7 Å². The van der Waals surface area contributed by atoms with Crippen LogP contribution in [0.25, 0.3) is 10.9 Å². The van der Waals surface area contributed by atoms with Gasteiger partial charge in [-0.3, -0.25) is 4.90 Å². The number of halogens is 1. The van der Waals surface area contributed by atoms with Gasteiger partial charge < -0.3 is 4.98 Å². The third-order valence-electron chi connectivity index (χ3n) is 6.28. The molecule has 0 bridgehead atoms. The molecule has 0 amide bonds. The van der Waals surface area contributed by atoms with E-state index in [0.717, 1.165) is 35.8 Å². The summed E-state index contributed by atoms with van der Waals surface area (Å²) in [4.78, 5) is 5.97. The smallest absolute Gasteiger partial charge is 0.123 e. The molecule has 2 heterocycles. The number of nitrogens with one attached hydrogen (secondary N) is 1. The van der Waals surface area contributed by atoms with Gasteiger partial charge in [0.05, 0.1) is 6.04 Å². The Morgan fingerprint density at radius 1 is 1.41 bits per heavy atom. The van der Waals surface area contributed by atoms with Crippen LogP contribution in [0.4, 0.5) is 4.39 Å². The van der Waals surface area contributed by atoms with E-state index in [2.05, 4.69) is 29.1 Å². The highest BCUT2D eigenvalue weighted by molar-refractivity contribution is 5.83. The molecule has 1 aliphatic heterocycles. The lowest BCUT2D eigenvalue weighted by atomic mass is 9.74. The average molecular weight is 296 g/mol. The SMILES string of the molecule is CCC1=CC2CCC23C1N3CCc1c[nH]c2ccc(F)cc12. The van der Waals surface area contributed by atoms with E-state index in [9.17, 15) is 4.39 Å². The van der Waals surface area contributed by atoms with E-state index in [-0.39, 0.29) is 5.82 Å². The fourth-order valence-electron chi connectivity index (χ4n) is 5.05. The molecule has 1 saturated carbocycles. The molecule has 1 N–H and O–H groups in total. The van der Waals surface area contributed by atoms with Crippen LogP contribution in [0, 0.1) is 11.7 Å². The van der Waals surface area contributed by atoms with Crippen LogP contribution in [-0.4, -0.2) is 28.0 Å². The highest BCUT2D eigenvalue weighted by Crippen LogP contribution is 2.66. The van der Waals surface area contributed by atoms with Gasteiger partial charge in [0.1, 0.15) is 5.82 Å². The maximum atomic E-state index is 13.5. The first-order valence-corrected chi connectivity index (χ1v) is 8.47. The van der Waals surface area contributed by atoms with Gasteiger partial charge in [-0.15, -0.1) is 0 Å². The second-order valence-electron chi connectivity index (χ2n) is 7.08. The van der Waals surface area contributed by atoms with Crippen LogP contribution in [0.5, 0.6) is 0 Å². The summed E-state index contributed by atoms with van der Waals surface area (Å²) in [6, 6.07) is 5.73. The van der Waals surface area contributed by atoms with Crippen LogP contribution in [0.3, 0.4) is 0 Å². The van der Waals surface area contributed by atoms with Gasteiger partial charge in [0, 0.05) is 29.2 Å². The third-order valence-corrected chi connectivity index (χ3v) is 6.28. The Kier molecular flexibility index (Phi) is 2.48. The lowest BCUT2D eigenvalue weighted by Crippen LogP contribution is -2.37. The zero-order chi connectivity index (χ0) is 14.9. The minimum atomic E-state index is -0.147. The van der Waals surface area contributed by atoms with Crippen molar-refractivity contribution in [2.45, 2.75) is 44.2 Å². The lowest BCUT2D eigenvalue weighted by molar-refractivity contribution is 0.207. The van der Waals surface area contributed by atoms with E-state index in [0.29, 0.717) is 5.54 Å². The predicted molar refractivity (Wildman–Crippen MR) is 86.3 cm³/mol. The topological polar surface area (TPSA) is 18.8 Å². The van der Waals surface area contributed by atoms with Crippen LogP contribution in [0.2, 0.25) is 0 Å². The summed E-state index contributed by atoms with van der Waals surface area (Å²) in [7, 11) is 0. The number of benzene rings is 1. The molecule has 114 valence electrons. The standard InChI is InChI=1S/C19H21FN2/c1-2-12-9-14-5-7-19(14)18(12)22(19)8-6-13-11-21-17-4-3-15(20)10-16(13)17/h3-4,9-11,14,18,21H,2,5-8H2,1H3. The highest BCUT2D eigenvalue weighted by atomic mass is 19.1. The number of nitrogens with zero attached hydrogens (tertiary/aromatic N) is 1. The first-order valence-electron chi connectivity index (χ1n) is 8.47. The summed E-state index contributed by atoms with van der Waals surface area (Å²) in [5.41, 5.74) is 4.44. The van der Waals surface area contributed by atoms with Crippen molar-refractivity contribution in [1.29, 1.82) is 0 Å². The van der Waals surface area contributed by atoms with Crippen molar-refractivity contribution in [1.82, 2.24) is 9.88 Å².